The minimum atomic E-state index is -0.172. The summed E-state index contributed by atoms with van der Waals surface area (Å²) < 4.78 is 11.0. The number of amides is 1. The van der Waals surface area contributed by atoms with Crippen molar-refractivity contribution in [1.29, 1.82) is 0 Å². The van der Waals surface area contributed by atoms with Crippen LogP contribution in [-0.4, -0.2) is 19.6 Å². The van der Waals surface area contributed by atoms with Crippen LogP contribution in [0.2, 0.25) is 0 Å². The number of hydrogen-bond acceptors (Lipinski definition) is 3. The van der Waals surface area contributed by atoms with Gasteiger partial charge in [-0.3, -0.25) is 4.79 Å². The van der Waals surface area contributed by atoms with Gasteiger partial charge in [-0.15, -0.1) is 0 Å². The molecule has 0 aromatic heterocycles. The van der Waals surface area contributed by atoms with Gasteiger partial charge in [0.1, 0.15) is 11.5 Å². The van der Waals surface area contributed by atoms with Gasteiger partial charge in [0, 0.05) is 5.56 Å². The molecule has 4 nitrogen and oxygen atoms in total. The average molecular weight is 349 g/mol. The van der Waals surface area contributed by atoms with E-state index in [0.717, 1.165) is 27.6 Å². The molecule has 26 heavy (non-hydrogen) atoms. The van der Waals surface area contributed by atoms with Crippen LogP contribution >= 0.6 is 0 Å². The number of methoxy groups -OCH3 is 1. The molecule has 4 heteroatoms. The first-order valence-corrected chi connectivity index (χ1v) is 8.62. The fraction of sp³-hybridized carbons (Fsp3) is 0.227. The van der Waals surface area contributed by atoms with Crippen LogP contribution in [0.15, 0.2) is 60.7 Å². The number of rotatable bonds is 6. The maximum atomic E-state index is 12.3. The van der Waals surface area contributed by atoms with E-state index in [1.54, 1.807) is 7.11 Å². The molecule has 3 aromatic carbocycles. The second-order valence-corrected chi connectivity index (χ2v) is 6.33. The first kappa shape index (κ1) is 17.8. The number of carbonyl (C=O) groups is 1. The van der Waals surface area contributed by atoms with Crippen molar-refractivity contribution in [1.82, 2.24) is 5.32 Å². The Labute approximate surface area is 153 Å². The molecule has 0 bridgehead atoms. The van der Waals surface area contributed by atoms with Gasteiger partial charge in [0.2, 0.25) is 0 Å². The number of fused-ring (bicyclic) bond motifs is 1. The Balaban J connectivity index is 1.62. The minimum Gasteiger partial charge on any atom is -0.496 e. The van der Waals surface area contributed by atoms with Gasteiger partial charge in [0.25, 0.3) is 5.91 Å². The van der Waals surface area contributed by atoms with Crippen LogP contribution in [-0.2, 0) is 4.79 Å². The highest BCUT2D eigenvalue weighted by Gasteiger charge is 2.14. The van der Waals surface area contributed by atoms with Gasteiger partial charge in [-0.1, -0.05) is 48.0 Å². The zero-order valence-electron chi connectivity index (χ0n) is 15.3. The fourth-order valence-corrected chi connectivity index (χ4v) is 2.96. The summed E-state index contributed by atoms with van der Waals surface area (Å²) in [6, 6.07) is 19.6. The molecule has 0 saturated carbocycles. The summed E-state index contributed by atoms with van der Waals surface area (Å²) in [4.78, 5) is 12.3. The lowest BCUT2D eigenvalue weighted by Crippen LogP contribution is -2.31. The van der Waals surface area contributed by atoms with Crippen LogP contribution < -0.4 is 14.8 Å². The molecule has 3 rings (SSSR count). The first-order chi connectivity index (χ1) is 12.6. The predicted octanol–water partition coefficient (Wildman–Crippen LogP) is 4.41. The monoisotopic (exact) mass is 349 g/mol. The van der Waals surface area contributed by atoms with Crippen molar-refractivity contribution in [3.63, 3.8) is 0 Å². The lowest BCUT2D eigenvalue weighted by atomic mass is 10.0. The Morgan fingerprint density at radius 2 is 1.81 bits per heavy atom. The minimum absolute atomic E-state index is 0.0309. The summed E-state index contributed by atoms with van der Waals surface area (Å²) in [5.74, 6) is 1.27. The second-order valence-electron chi connectivity index (χ2n) is 6.33. The van der Waals surface area contributed by atoms with Gasteiger partial charge in [-0.25, -0.2) is 0 Å². The van der Waals surface area contributed by atoms with E-state index in [1.165, 1.54) is 0 Å². The average Bonchev–Trinajstić information content (AvgIpc) is 2.66. The largest absolute Gasteiger partial charge is 0.496 e. The molecule has 3 aromatic rings. The molecule has 0 spiro atoms. The molecule has 1 amide bonds. The Bertz CT molecular complexity index is 920. The van der Waals surface area contributed by atoms with E-state index < -0.39 is 0 Å². The second kappa shape index (κ2) is 7.91. The molecule has 0 fully saturated rings. The van der Waals surface area contributed by atoms with Crippen molar-refractivity contribution in [3.05, 3.63) is 71.8 Å². The SMILES string of the molecule is COc1ccc(C)cc1[C@H](C)NC(=O)COc1ccc2ccccc2c1. The van der Waals surface area contributed by atoms with Gasteiger partial charge in [-0.05, 0) is 42.8 Å². The van der Waals surface area contributed by atoms with Crippen LogP contribution in [0.5, 0.6) is 11.5 Å². The van der Waals surface area contributed by atoms with Crippen molar-refractivity contribution in [2.75, 3.05) is 13.7 Å². The Morgan fingerprint density at radius 3 is 2.58 bits per heavy atom. The summed E-state index contributed by atoms with van der Waals surface area (Å²) in [5, 5.41) is 5.19. The highest BCUT2D eigenvalue weighted by atomic mass is 16.5. The first-order valence-electron chi connectivity index (χ1n) is 8.62. The molecule has 0 radical (unpaired) electrons. The molecule has 0 heterocycles. The number of nitrogens with one attached hydrogen (secondary N) is 1. The van der Waals surface area contributed by atoms with E-state index in [-0.39, 0.29) is 18.6 Å². The topological polar surface area (TPSA) is 47.6 Å². The van der Waals surface area contributed by atoms with Crippen molar-refractivity contribution < 1.29 is 14.3 Å². The number of benzene rings is 3. The number of ether oxygens (including phenoxy) is 2. The Kier molecular flexibility index (Phi) is 5.42. The van der Waals surface area contributed by atoms with Crippen LogP contribution in [0.4, 0.5) is 0 Å². The highest BCUT2D eigenvalue weighted by Crippen LogP contribution is 2.26. The summed E-state index contributed by atoms with van der Waals surface area (Å²) in [5.41, 5.74) is 2.07. The van der Waals surface area contributed by atoms with Gasteiger partial charge < -0.3 is 14.8 Å². The number of hydrogen-bond donors (Lipinski definition) is 1. The molecule has 0 unspecified atom stereocenters. The highest BCUT2D eigenvalue weighted by molar-refractivity contribution is 5.84. The van der Waals surface area contributed by atoms with Crippen LogP contribution in [0.3, 0.4) is 0 Å². The molecule has 0 aliphatic heterocycles. The summed E-state index contributed by atoms with van der Waals surface area (Å²) in [7, 11) is 1.63. The van der Waals surface area contributed by atoms with E-state index in [4.69, 9.17) is 9.47 Å². The lowest BCUT2D eigenvalue weighted by molar-refractivity contribution is -0.123. The maximum absolute atomic E-state index is 12.3. The predicted molar refractivity (Wildman–Crippen MR) is 104 cm³/mol. The summed E-state index contributed by atoms with van der Waals surface area (Å²) >= 11 is 0. The summed E-state index contributed by atoms with van der Waals surface area (Å²) in [6.45, 7) is 3.92. The molecule has 1 atom stereocenters. The number of aryl methyl sites for hydroxylation is 1. The summed E-state index contributed by atoms with van der Waals surface area (Å²) in [6.07, 6.45) is 0. The molecule has 0 aliphatic rings. The Hall–Kier alpha value is -3.01. The van der Waals surface area contributed by atoms with Crippen LogP contribution in [0.25, 0.3) is 10.8 Å². The fourth-order valence-electron chi connectivity index (χ4n) is 2.96. The molecular formula is C22H23NO3. The van der Waals surface area contributed by atoms with E-state index in [9.17, 15) is 4.79 Å². The van der Waals surface area contributed by atoms with Gasteiger partial charge >= 0.3 is 0 Å². The van der Waals surface area contributed by atoms with Crippen molar-refractivity contribution in [3.8, 4) is 11.5 Å². The maximum Gasteiger partial charge on any atom is 0.258 e. The van der Waals surface area contributed by atoms with Gasteiger partial charge in [0.05, 0.1) is 13.2 Å². The van der Waals surface area contributed by atoms with E-state index in [1.807, 2.05) is 74.5 Å². The number of carbonyl (C=O) groups excluding carboxylic acids is 1. The smallest absolute Gasteiger partial charge is 0.258 e. The van der Waals surface area contributed by atoms with Crippen LogP contribution in [0, 0.1) is 6.92 Å². The quantitative estimate of drug-likeness (QED) is 0.717. The zero-order chi connectivity index (χ0) is 18.5. The standard InChI is InChI=1S/C22H23NO3/c1-15-8-11-21(25-3)20(12-15)16(2)23-22(24)14-26-19-10-9-17-6-4-5-7-18(17)13-19/h4-13,16H,14H2,1-3H3,(H,23,24)/t16-/m0/s1. The van der Waals surface area contributed by atoms with Crippen molar-refractivity contribution in [2.45, 2.75) is 19.9 Å². The van der Waals surface area contributed by atoms with Crippen molar-refractivity contribution >= 4 is 16.7 Å². The molecule has 134 valence electrons. The molecule has 0 aliphatic carbocycles. The zero-order valence-corrected chi connectivity index (χ0v) is 15.3. The molecular weight excluding hydrogens is 326 g/mol. The third-order valence-electron chi connectivity index (χ3n) is 4.32. The lowest BCUT2D eigenvalue weighted by Gasteiger charge is -2.18. The third kappa shape index (κ3) is 4.14. The van der Waals surface area contributed by atoms with E-state index in [2.05, 4.69) is 5.32 Å². The van der Waals surface area contributed by atoms with Gasteiger partial charge in [-0.2, -0.15) is 0 Å². The molecule has 0 saturated heterocycles. The normalized spacial score (nSPS) is 11.8. The Morgan fingerprint density at radius 1 is 1.04 bits per heavy atom. The van der Waals surface area contributed by atoms with E-state index in [0.29, 0.717) is 5.75 Å². The van der Waals surface area contributed by atoms with Crippen LogP contribution in [0.1, 0.15) is 24.1 Å². The van der Waals surface area contributed by atoms with Crippen molar-refractivity contribution in [2.24, 2.45) is 0 Å². The van der Waals surface area contributed by atoms with E-state index >= 15 is 0 Å². The third-order valence-corrected chi connectivity index (χ3v) is 4.32. The van der Waals surface area contributed by atoms with Gasteiger partial charge in [0.15, 0.2) is 6.61 Å². The molecule has 1 N–H and O–H groups in total.